The van der Waals surface area contributed by atoms with Crippen LogP contribution in [0.3, 0.4) is 0 Å². The molecule has 106 valence electrons. The summed E-state index contributed by atoms with van der Waals surface area (Å²) in [6.45, 7) is 13.2. The van der Waals surface area contributed by atoms with Crippen molar-refractivity contribution in [2.75, 3.05) is 33.3 Å². The van der Waals surface area contributed by atoms with Crippen LogP contribution in [0, 0.1) is 13.8 Å². The van der Waals surface area contributed by atoms with Gasteiger partial charge in [0.2, 0.25) is 0 Å². The third-order valence-corrected chi connectivity index (χ3v) is 4.19. The molecule has 1 saturated heterocycles. The van der Waals surface area contributed by atoms with Gasteiger partial charge in [-0.3, -0.25) is 4.90 Å². The van der Waals surface area contributed by atoms with Gasteiger partial charge in [0, 0.05) is 37.3 Å². The van der Waals surface area contributed by atoms with E-state index in [9.17, 15) is 0 Å². The molecule has 1 aliphatic rings. The SMILES string of the molecule is COc1c(C)cc(C)cc1C(C)(C)N1CCNCC1. The second-order valence-electron chi connectivity index (χ2n) is 5.96. The van der Waals surface area contributed by atoms with E-state index in [-0.39, 0.29) is 5.54 Å². The Morgan fingerprint density at radius 1 is 1.16 bits per heavy atom. The predicted octanol–water partition coefficient (Wildman–Crippen LogP) is 2.45. The van der Waals surface area contributed by atoms with Crippen LogP contribution in [-0.2, 0) is 5.54 Å². The lowest BCUT2D eigenvalue weighted by Crippen LogP contribution is -2.51. The number of hydrogen-bond donors (Lipinski definition) is 1. The fraction of sp³-hybridized carbons (Fsp3) is 0.625. The highest BCUT2D eigenvalue weighted by Crippen LogP contribution is 2.37. The van der Waals surface area contributed by atoms with Gasteiger partial charge in [0.15, 0.2) is 0 Å². The van der Waals surface area contributed by atoms with Crippen LogP contribution in [0.4, 0.5) is 0 Å². The summed E-state index contributed by atoms with van der Waals surface area (Å²) >= 11 is 0. The molecular weight excluding hydrogens is 236 g/mol. The van der Waals surface area contributed by atoms with Crippen LogP contribution in [0.5, 0.6) is 5.75 Å². The number of methoxy groups -OCH3 is 1. The van der Waals surface area contributed by atoms with Crippen LogP contribution in [-0.4, -0.2) is 38.2 Å². The molecule has 3 nitrogen and oxygen atoms in total. The van der Waals surface area contributed by atoms with E-state index in [1.54, 1.807) is 7.11 Å². The summed E-state index contributed by atoms with van der Waals surface area (Å²) in [6, 6.07) is 4.46. The quantitative estimate of drug-likeness (QED) is 0.905. The molecule has 0 radical (unpaired) electrons. The highest BCUT2D eigenvalue weighted by Gasteiger charge is 2.32. The van der Waals surface area contributed by atoms with Crippen molar-refractivity contribution in [1.82, 2.24) is 10.2 Å². The van der Waals surface area contributed by atoms with Gasteiger partial charge in [-0.05, 0) is 33.3 Å². The largest absolute Gasteiger partial charge is 0.496 e. The normalized spacial score (nSPS) is 17.5. The Morgan fingerprint density at radius 3 is 2.37 bits per heavy atom. The molecule has 0 aliphatic carbocycles. The average molecular weight is 262 g/mol. The number of piperazine rings is 1. The van der Waals surface area contributed by atoms with Crippen molar-refractivity contribution >= 4 is 0 Å². The summed E-state index contributed by atoms with van der Waals surface area (Å²) in [6.07, 6.45) is 0. The minimum absolute atomic E-state index is 0.00419. The lowest BCUT2D eigenvalue weighted by Gasteiger charge is -2.42. The second-order valence-corrected chi connectivity index (χ2v) is 5.96. The first kappa shape index (κ1) is 14.4. The molecule has 0 atom stereocenters. The fourth-order valence-corrected chi connectivity index (χ4v) is 3.07. The summed E-state index contributed by atoms with van der Waals surface area (Å²) < 4.78 is 5.67. The summed E-state index contributed by atoms with van der Waals surface area (Å²) in [4.78, 5) is 2.54. The van der Waals surface area contributed by atoms with E-state index in [0.29, 0.717) is 0 Å². The Balaban J connectivity index is 2.43. The van der Waals surface area contributed by atoms with Gasteiger partial charge in [-0.25, -0.2) is 0 Å². The van der Waals surface area contributed by atoms with Gasteiger partial charge >= 0.3 is 0 Å². The standard InChI is InChI=1S/C16H26N2O/c1-12-10-13(2)15(19-5)14(11-12)16(3,4)18-8-6-17-7-9-18/h10-11,17H,6-9H2,1-5H3. The van der Waals surface area contributed by atoms with Gasteiger partial charge in [0.25, 0.3) is 0 Å². The van der Waals surface area contributed by atoms with Crippen molar-refractivity contribution in [3.63, 3.8) is 0 Å². The zero-order valence-corrected chi connectivity index (χ0v) is 12.8. The van der Waals surface area contributed by atoms with Gasteiger partial charge in [-0.1, -0.05) is 17.7 Å². The van der Waals surface area contributed by atoms with E-state index in [1.807, 2.05) is 0 Å². The Hall–Kier alpha value is -1.06. The number of nitrogens with one attached hydrogen (secondary N) is 1. The van der Waals surface area contributed by atoms with Gasteiger partial charge in [0.05, 0.1) is 7.11 Å². The number of nitrogens with zero attached hydrogens (tertiary/aromatic N) is 1. The molecule has 1 heterocycles. The highest BCUT2D eigenvalue weighted by molar-refractivity contribution is 5.47. The number of rotatable bonds is 3. The molecule has 0 unspecified atom stereocenters. The maximum absolute atomic E-state index is 5.67. The average Bonchev–Trinajstić information content (AvgIpc) is 2.39. The van der Waals surface area contributed by atoms with Gasteiger partial charge in [-0.2, -0.15) is 0 Å². The first-order valence-electron chi connectivity index (χ1n) is 7.08. The third-order valence-electron chi connectivity index (χ3n) is 4.19. The molecule has 0 bridgehead atoms. The zero-order chi connectivity index (χ0) is 14.0. The molecule has 0 saturated carbocycles. The molecule has 0 spiro atoms. The summed E-state index contributed by atoms with van der Waals surface area (Å²) in [7, 11) is 1.77. The van der Waals surface area contributed by atoms with Crippen molar-refractivity contribution < 1.29 is 4.74 Å². The lowest BCUT2D eigenvalue weighted by atomic mass is 9.88. The van der Waals surface area contributed by atoms with E-state index < -0.39 is 0 Å². The van der Waals surface area contributed by atoms with Crippen LogP contribution in [0.1, 0.15) is 30.5 Å². The maximum atomic E-state index is 5.67. The van der Waals surface area contributed by atoms with Crippen molar-refractivity contribution in [1.29, 1.82) is 0 Å². The van der Waals surface area contributed by atoms with Crippen molar-refractivity contribution in [3.05, 3.63) is 28.8 Å². The van der Waals surface area contributed by atoms with E-state index >= 15 is 0 Å². The van der Waals surface area contributed by atoms with Gasteiger partial charge < -0.3 is 10.1 Å². The van der Waals surface area contributed by atoms with E-state index in [1.165, 1.54) is 16.7 Å². The van der Waals surface area contributed by atoms with Crippen LogP contribution >= 0.6 is 0 Å². The van der Waals surface area contributed by atoms with E-state index in [2.05, 4.69) is 50.0 Å². The van der Waals surface area contributed by atoms with Crippen LogP contribution in [0.2, 0.25) is 0 Å². The monoisotopic (exact) mass is 262 g/mol. The first-order chi connectivity index (χ1) is 8.96. The Labute approximate surface area is 116 Å². The third kappa shape index (κ3) is 2.77. The summed E-state index contributed by atoms with van der Waals surface area (Å²) in [5.74, 6) is 1.04. The lowest BCUT2D eigenvalue weighted by molar-refractivity contribution is 0.0998. The van der Waals surface area contributed by atoms with Crippen molar-refractivity contribution in [2.45, 2.75) is 33.2 Å². The maximum Gasteiger partial charge on any atom is 0.126 e. The minimum atomic E-state index is 0.00419. The second kappa shape index (κ2) is 5.51. The van der Waals surface area contributed by atoms with Crippen molar-refractivity contribution in [2.24, 2.45) is 0 Å². The Bertz CT molecular complexity index is 448. The van der Waals surface area contributed by atoms with Gasteiger partial charge in [-0.15, -0.1) is 0 Å². The Kier molecular flexibility index (Phi) is 4.16. The number of ether oxygens (including phenoxy) is 1. The van der Waals surface area contributed by atoms with Crippen molar-refractivity contribution in [3.8, 4) is 5.75 Å². The molecule has 1 aromatic rings. The molecule has 19 heavy (non-hydrogen) atoms. The number of hydrogen-bond acceptors (Lipinski definition) is 3. The molecular formula is C16H26N2O. The van der Waals surface area contributed by atoms with Crippen LogP contribution in [0.25, 0.3) is 0 Å². The minimum Gasteiger partial charge on any atom is -0.496 e. The van der Waals surface area contributed by atoms with E-state index in [0.717, 1.165) is 31.9 Å². The molecule has 1 N–H and O–H groups in total. The van der Waals surface area contributed by atoms with Gasteiger partial charge in [0.1, 0.15) is 5.75 Å². The first-order valence-corrected chi connectivity index (χ1v) is 7.08. The predicted molar refractivity (Wildman–Crippen MR) is 79.9 cm³/mol. The number of aryl methyl sites for hydroxylation is 2. The Morgan fingerprint density at radius 2 is 1.79 bits per heavy atom. The topological polar surface area (TPSA) is 24.5 Å². The summed E-state index contributed by atoms with van der Waals surface area (Å²) in [5, 5.41) is 3.42. The molecule has 0 amide bonds. The van der Waals surface area contributed by atoms with Crippen LogP contribution in [0.15, 0.2) is 12.1 Å². The fourth-order valence-electron chi connectivity index (χ4n) is 3.07. The van der Waals surface area contributed by atoms with E-state index in [4.69, 9.17) is 4.74 Å². The molecule has 3 heteroatoms. The zero-order valence-electron chi connectivity index (χ0n) is 12.8. The number of benzene rings is 1. The molecule has 1 fully saturated rings. The smallest absolute Gasteiger partial charge is 0.126 e. The molecule has 2 rings (SSSR count). The summed E-state index contributed by atoms with van der Waals surface area (Å²) in [5.41, 5.74) is 3.83. The highest BCUT2D eigenvalue weighted by atomic mass is 16.5. The molecule has 1 aliphatic heterocycles. The molecule has 1 aromatic carbocycles. The molecule has 0 aromatic heterocycles. The van der Waals surface area contributed by atoms with Crippen LogP contribution < -0.4 is 10.1 Å².